The quantitative estimate of drug-likeness (QED) is 0.473. The van der Waals surface area contributed by atoms with Gasteiger partial charge in [0.1, 0.15) is 0 Å². The average molecular weight is 138 g/mol. The van der Waals surface area contributed by atoms with Crippen molar-refractivity contribution in [2.75, 3.05) is 6.61 Å². The lowest BCUT2D eigenvalue weighted by Gasteiger charge is -1.96. The predicted molar refractivity (Wildman–Crippen MR) is 38.5 cm³/mol. The van der Waals surface area contributed by atoms with E-state index in [2.05, 4.69) is 0 Å². The maximum atomic E-state index is 10.6. The monoisotopic (exact) mass is 138 g/mol. The SMILES string of the molecule is O=C1C=CC=CCCCO1. The van der Waals surface area contributed by atoms with Gasteiger partial charge in [0.05, 0.1) is 6.61 Å². The highest BCUT2D eigenvalue weighted by atomic mass is 16.5. The highest BCUT2D eigenvalue weighted by Crippen LogP contribution is 1.96. The smallest absolute Gasteiger partial charge is 0.330 e. The van der Waals surface area contributed by atoms with E-state index in [0.717, 1.165) is 12.8 Å². The maximum Gasteiger partial charge on any atom is 0.330 e. The molecule has 0 saturated heterocycles. The summed E-state index contributed by atoms with van der Waals surface area (Å²) >= 11 is 0. The summed E-state index contributed by atoms with van der Waals surface area (Å²) in [5.41, 5.74) is 0. The third-order valence-electron chi connectivity index (χ3n) is 1.24. The van der Waals surface area contributed by atoms with E-state index < -0.39 is 0 Å². The summed E-state index contributed by atoms with van der Waals surface area (Å²) in [5.74, 6) is -0.244. The van der Waals surface area contributed by atoms with Crippen molar-refractivity contribution in [3.05, 3.63) is 24.3 Å². The van der Waals surface area contributed by atoms with E-state index in [1.54, 1.807) is 6.08 Å². The molecule has 0 radical (unpaired) electrons. The van der Waals surface area contributed by atoms with Crippen molar-refractivity contribution >= 4 is 5.97 Å². The van der Waals surface area contributed by atoms with E-state index in [9.17, 15) is 4.79 Å². The maximum absolute atomic E-state index is 10.6. The van der Waals surface area contributed by atoms with Gasteiger partial charge in [-0.15, -0.1) is 0 Å². The minimum absolute atomic E-state index is 0.244. The molecule has 0 fully saturated rings. The van der Waals surface area contributed by atoms with Crippen LogP contribution < -0.4 is 0 Å². The first-order chi connectivity index (χ1) is 4.89. The molecule has 0 N–H and O–H groups in total. The van der Waals surface area contributed by atoms with Gasteiger partial charge in [-0.25, -0.2) is 4.79 Å². The lowest BCUT2D eigenvalue weighted by atomic mass is 10.3. The van der Waals surface area contributed by atoms with Gasteiger partial charge in [-0.3, -0.25) is 0 Å². The van der Waals surface area contributed by atoms with Crippen molar-refractivity contribution in [2.45, 2.75) is 12.8 Å². The van der Waals surface area contributed by atoms with E-state index in [1.165, 1.54) is 6.08 Å². The zero-order valence-electron chi connectivity index (χ0n) is 5.75. The Labute approximate surface area is 60.2 Å². The van der Waals surface area contributed by atoms with Crippen LogP contribution >= 0.6 is 0 Å². The second-order valence-electron chi connectivity index (χ2n) is 2.10. The minimum atomic E-state index is -0.244. The summed E-state index contributed by atoms with van der Waals surface area (Å²) in [4.78, 5) is 10.6. The fourth-order valence-corrected chi connectivity index (χ4v) is 0.731. The van der Waals surface area contributed by atoms with Crippen LogP contribution in [0, 0.1) is 0 Å². The standard InChI is InChI=1S/C8H10O2/c9-8-6-4-2-1-3-5-7-10-8/h1-2,4,6H,3,5,7H2. The van der Waals surface area contributed by atoms with Crippen LogP contribution in [0.4, 0.5) is 0 Å². The van der Waals surface area contributed by atoms with E-state index in [0.29, 0.717) is 6.61 Å². The van der Waals surface area contributed by atoms with Gasteiger partial charge in [0.25, 0.3) is 0 Å². The number of hydrogen-bond donors (Lipinski definition) is 0. The molecular formula is C8H10O2. The van der Waals surface area contributed by atoms with Crippen LogP contribution in [0.25, 0.3) is 0 Å². The van der Waals surface area contributed by atoms with Gasteiger partial charge >= 0.3 is 5.97 Å². The summed E-state index contributed by atoms with van der Waals surface area (Å²) in [5, 5.41) is 0. The van der Waals surface area contributed by atoms with Crippen LogP contribution in [0.1, 0.15) is 12.8 Å². The van der Waals surface area contributed by atoms with Crippen LogP contribution in [-0.4, -0.2) is 12.6 Å². The minimum Gasteiger partial charge on any atom is -0.463 e. The lowest BCUT2D eigenvalue weighted by molar-refractivity contribution is -0.137. The van der Waals surface area contributed by atoms with Gasteiger partial charge in [-0.2, -0.15) is 0 Å². The molecule has 2 heteroatoms. The molecule has 0 spiro atoms. The summed E-state index contributed by atoms with van der Waals surface area (Å²) in [6, 6.07) is 0. The van der Waals surface area contributed by atoms with Crippen LogP contribution in [0.5, 0.6) is 0 Å². The molecule has 0 aromatic rings. The van der Waals surface area contributed by atoms with Crippen LogP contribution in [0.15, 0.2) is 24.3 Å². The highest BCUT2D eigenvalue weighted by molar-refractivity contribution is 5.82. The first kappa shape index (κ1) is 7.06. The second-order valence-corrected chi connectivity index (χ2v) is 2.10. The van der Waals surface area contributed by atoms with Crippen molar-refractivity contribution < 1.29 is 9.53 Å². The molecule has 54 valence electrons. The second kappa shape index (κ2) is 3.88. The molecule has 0 aliphatic carbocycles. The summed E-state index contributed by atoms with van der Waals surface area (Å²) < 4.78 is 4.80. The zero-order valence-corrected chi connectivity index (χ0v) is 5.75. The number of carbonyl (C=O) groups excluding carboxylic acids is 1. The van der Waals surface area contributed by atoms with Crippen molar-refractivity contribution in [1.29, 1.82) is 0 Å². The molecule has 0 atom stereocenters. The molecule has 10 heavy (non-hydrogen) atoms. The highest BCUT2D eigenvalue weighted by Gasteiger charge is 1.95. The lowest BCUT2D eigenvalue weighted by Crippen LogP contribution is -2.00. The number of cyclic esters (lactones) is 1. The van der Waals surface area contributed by atoms with Gasteiger partial charge < -0.3 is 4.74 Å². The molecule has 0 unspecified atom stereocenters. The van der Waals surface area contributed by atoms with Crippen LogP contribution in [-0.2, 0) is 9.53 Å². The van der Waals surface area contributed by atoms with E-state index in [-0.39, 0.29) is 5.97 Å². The molecular weight excluding hydrogens is 128 g/mol. The predicted octanol–water partition coefficient (Wildman–Crippen LogP) is 1.44. The summed E-state index contributed by atoms with van der Waals surface area (Å²) in [7, 11) is 0. The molecule has 0 aromatic heterocycles. The van der Waals surface area contributed by atoms with Crippen molar-refractivity contribution in [3.63, 3.8) is 0 Å². The van der Waals surface area contributed by atoms with Gasteiger partial charge in [-0.05, 0) is 12.8 Å². The first-order valence-electron chi connectivity index (χ1n) is 3.39. The molecule has 0 bridgehead atoms. The number of rotatable bonds is 0. The Hall–Kier alpha value is -1.05. The van der Waals surface area contributed by atoms with Crippen molar-refractivity contribution in [3.8, 4) is 0 Å². The van der Waals surface area contributed by atoms with Crippen molar-refractivity contribution in [2.24, 2.45) is 0 Å². The fraction of sp³-hybridized carbons (Fsp3) is 0.375. The Kier molecular flexibility index (Phi) is 2.74. The Morgan fingerprint density at radius 3 is 3.20 bits per heavy atom. The Bertz CT molecular complexity index is 168. The molecule has 1 aliphatic rings. The van der Waals surface area contributed by atoms with Crippen LogP contribution in [0.3, 0.4) is 0 Å². The van der Waals surface area contributed by atoms with Crippen LogP contribution in [0.2, 0.25) is 0 Å². The average Bonchev–Trinajstić information content (AvgIpc) is 2.02. The number of ether oxygens (including phenoxy) is 1. The largest absolute Gasteiger partial charge is 0.463 e. The van der Waals surface area contributed by atoms with Gasteiger partial charge in [-0.1, -0.05) is 18.2 Å². The Morgan fingerprint density at radius 1 is 1.40 bits per heavy atom. The molecule has 1 aliphatic heterocycles. The number of esters is 1. The molecule has 0 aromatic carbocycles. The first-order valence-corrected chi connectivity index (χ1v) is 3.39. The normalized spacial score (nSPS) is 19.0. The van der Waals surface area contributed by atoms with E-state index in [4.69, 9.17) is 4.74 Å². The molecule has 0 saturated carbocycles. The zero-order chi connectivity index (χ0) is 7.23. The van der Waals surface area contributed by atoms with Crippen molar-refractivity contribution in [1.82, 2.24) is 0 Å². The Balaban J connectivity index is 2.48. The summed E-state index contributed by atoms with van der Waals surface area (Å²) in [6.07, 6.45) is 8.93. The molecule has 1 rings (SSSR count). The number of hydrogen-bond acceptors (Lipinski definition) is 2. The third kappa shape index (κ3) is 2.49. The molecule has 1 heterocycles. The molecule has 2 nitrogen and oxygen atoms in total. The summed E-state index contributed by atoms with van der Waals surface area (Å²) in [6.45, 7) is 0.535. The molecule has 0 amide bonds. The fourth-order valence-electron chi connectivity index (χ4n) is 0.731. The number of carbonyl (C=O) groups is 1. The Morgan fingerprint density at radius 2 is 2.30 bits per heavy atom. The number of allylic oxidation sites excluding steroid dienone is 3. The van der Waals surface area contributed by atoms with E-state index >= 15 is 0 Å². The van der Waals surface area contributed by atoms with Gasteiger partial charge in [0.15, 0.2) is 0 Å². The topological polar surface area (TPSA) is 26.3 Å². The van der Waals surface area contributed by atoms with Gasteiger partial charge in [0.2, 0.25) is 0 Å². The van der Waals surface area contributed by atoms with Gasteiger partial charge in [0, 0.05) is 6.08 Å². The van der Waals surface area contributed by atoms with E-state index in [1.807, 2.05) is 12.2 Å². The third-order valence-corrected chi connectivity index (χ3v) is 1.24.